The number of benzene rings is 1. The Morgan fingerprint density at radius 1 is 1.05 bits per heavy atom. The number of aromatic nitrogens is 2. The van der Waals surface area contributed by atoms with E-state index in [1.807, 2.05) is 0 Å². The van der Waals surface area contributed by atoms with Gasteiger partial charge in [0.2, 0.25) is 5.28 Å². The van der Waals surface area contributed by atoms with Crippen molar-refractivity contribution in [3.8, 4) is 11.3 Å². The first-order chi connectivity index (χ1) is 8.79. The van der Waals surface area contributed by atoms with E-state index in [0.717, 1.165) is 12.3 Å². The molecule has 0 N–H and O–H groups in total. The van der Waals surface area contributed by atoms with Gasteiger partial charge in [-0.2, -0.15) is 13.2 Å². The first-order valence-electron chi connectivity index (χ1n) is 4.84. The van der Waals surface area contributed by atoms with Gasteiger partial charge in [-0.3, -0.25) is 0 Å². The fourth-order valence-corrected chi connectivity index (χ4v) is 1.57. The lowest BCUT2D eigenvalue weighted by molar-refractivity contribution is -0.139. The molecule has 0 aliphatic rings. The average Bonchev–Trinajstić information content (AvgIpc) is 2.31. The van der Waals surface area contributed by atoms with E-state index in [1.165, 1.54) is 0 Å². The van der Waals surface area contributed by atoms with Crippen molar-refractivity contribution < 1.29 is 22.0 Å². The van der Waals surface area contributed by atoms with Crippen molar-refractivity contribution in [2.24, 2.45) is 0 Å². The molecule has 0 saturated heterocycles. The zero-order chi connectivity index (χ0) is 14.2. The average molecular weight is 295 g/mol. The summed E-state index contributed by atoms with van der Waals surface area (Å²) in [4.78, 5) is 6.82. The third kappa shape index (κ3) is 2.81. The highest BCUT2D eigenvalue weighted by atomic mass is 35.5. The molecule has 1 heterocycles. The molecule has 0 saturated carbocycles. The van der Waals surface area contributed by atoms with Gasteiger partial charge in [-0.05, 0) is 29.8 Å². The molecular formula is C11H4ClF5N2. The number of alkyl halides is 3. The predicted molar refractivity (Wildman–Crippen MR) is 57.4 cm³/mol. The standard InChI is InChI=1S/C11H4ClF5N2/c12-10-18-4-8(14)9(19-10)5-1-2-7(13)6(3-5)11(15,16)17/h1-4H. The summed E-state index contributed by atoms with van der Waals surface area (Å²) in [6, 6.07) is 2.04. The summed E-state index contributed by atoms with van der Waals surface area (Å²) in [5.74, 6) is -2.40. The third-order valence-electron chi connectivity index (χ3n) is 2.26. The Bertz CT molecular complexity index is 627. The highest BCUT2D eigenvalue weighted by Crippen LogP contribution is 2.34. The monoisotopic (exact) mass is 294 g/mol. The highest BCUT2D eigenvalue weighted by molar-refractivity contribution is 6.28. The third-order valence-corrected chi connectivity index (χ3v) is 2.44. The molecule has 0 unspecified atom stereocenters. The molecule has 2 nitrogen and oxygen atoms in total. The van der Waals surface area contributed by atoms with Crippen molar-refractivity contribution in [1.82, 2.24) is 9.97 Å². The van der Waals surface area contributed by atoms with Gasteiger partial charge >= 0.3 is 6.18 Å². The molecule has 1 aromatic carbocycles. The Morgan fingerprint density at radius 2 is 1.74 bits per heavy atom. The fourth-order valence-electron chi connectivity index (χ4n) is 1.44. The number of rotatable bonds is 1. The van der Waals surface area contributed by atoms with Gasteiger partial charge in [-0.1, -0.05) is 0 Å². The zero-order valence-electron chi connectivity index (χ0n) is 8.97. The van der Waals surface area contributed by atoms with Crippen LogP contribution in [0.3, 0.4) is 0 Å². The summed E-state index contributed by atoms with van der Waals surface area (Å²) in [6.45, 7) is 0. The van der Waals surface area contributed by atoms with Crippen LogP contribution in [0.2, 0.25) is 5.28 Å². The summed E-state index contributed by atoms with van der Waals surface area (Å²) >= 11 is 5.44. The lowest BCUT2D eigenvalue weighted by Gasteiger charge is -2.10. The maximum absolute atomic E-state index is 13.4. The Morgan fingerprint density at radius 3 is 2.37 bits per heavy atom. The minimum absolute atomic E-state index is 0.240. The van der Waals surface area contributed by atoms with Crippen LogP contribution in [-0.2, 0) is 6.18 Å². The minimum atomic E-state index is -4.88. The second kappa shape index (κ2) is 4.73. The van der Waals surface area contributed by atoms with Crippen molar-refractivity contribution in [3.63, 3.8) is 0 Å². The van der Waals surface area contributed by atoms with E-state index >= 15 is 0 Å². The molecule has 0 spiro atoms. The van der Waals surface area contributed by atoms with Crippen molar-refractivity contribution >= 4 is 11.6 Å². The molecular weight excluding hydrogens is 291 g/mol. The van der Waals surface area contributed by atoms with Crippen LogP contribution >= 0.6 is 11.6 Å². The molecule has 0 bridgehead atoms. The molecule has 0 amide bonds. The van der Waals surface area contributed by atoms with E-state index < -0.39 is 29.1 Å². The molecule has 0 fully saturated rings. The van der Waals surface area contributed by atoms with Crippen molar-refractivity contribution in [1.29, 1.82) is 0 Å². The Labute approximate surface area is 108 Å². The van der Waals surface area contributed by atoms with Crippen LogP contribution in [0.5, 0.6) is 0 Å². The lowest BCUT2D eigenvalue weighted by atomic mass is 10.1. The van der Waals surface area contributed by atoms with Crippen LogP contribution < -0.4 is 0 Å². The Kier molecular flexibility index (Phi) is 3.40. The Balaban J connectivity index is 2.61. The van der Waals surface area contributed by atoms with Gasteiger partial charge in [0, 0.05) is 5.56 Å². The predicted octanol–water partition coefficient (Wildman–Crippen LogP) is 4.09. The molecule has 0 aliphatic heterocycles. The number of nitrogens with zero attached hydrogens (tertiary/aromatic N) is 2. The topological polar surface area (TPSA) is 25.8 Å². The molecule has 8 heteroatoms. The molecule has 2 aromatic rings. The van der Waals surface area contributed by atoms with Crippen molar-refractivity contribution in [2.75, 3.05) is 0 Å². The van der Waals surface area contributed by atoms with Gasteiger partial charge in [0.25, 0.3) is 0 Å². The van der Waals surface area contributed by atoms with Crippen LogP contribution in [0.15, 0.2) is 24.4 Å². The fraction of sp³-hybridized carbons (Fsp3) is 0.0909. The van der Waals surface area contributed by atoms with Crippen LogP contribution in [-0.4, -0.2) is 9.97 Å². The number of halogens is 6. The van der Waals surface area contributed by atoms with Gasteiger partial charge < -0.3 is 0 Å². The van der Waals surface area contributed by atoms with E-state index in [2.05, 4.69) is 9.97 Å². The largest absolute Gasteiger partial charge is 0.419 e. The van der Waals surface area contributed by atoms with Crippen molar-refractivity contribution in [3.05, 3.63) is 46.9 Å². The number of hydrogen-bond donors (Lipinski definition) is 0. The summed E-state index contributed by atoms with van der Waals surface area (Å²) < 4.78 is 64.1. The summed E-state index contributed by atoms with van der Waals surface area (Å²) in [6.07, 6.45) is -4.16. The molecule has 0 radical (unpaired) electrons. The lowest BCUT2D eigenvalue weighted by Crippen LogP contribution is -2.08. The van der Waals surface area contributed by atoms with E-state index in [1.54, 1.807) is 0 Å². The maximum atomic E-state index is 13.4. The van der Waals surface area contributed by atoms with Crippen LogP contribution in [0.25, 0.3) is 11.3 Å². The van der Waals surface area contributed by atoms with Crippen LogP contribution in [0.4, 0.5) is 22.0 Å². The van der Waals surface area contributed by atoms with Gasteiger partial charge in [0.05, 0.1) is 11.8 Å². The van der Waals surface area contributed by atoms with Gasteiger partial charge in [-0.25, -0.2) is 18.7 Å². The first kappa shape index (κ1) is 13.7. The van der Waals surface area contributed by atoms with E-state index in [9.17, 15) is 22.0 Å². The SMILES string of the molecule is Fc1ccc(-c2nc(Cl)ncc2F)cc1C(F)(F)F. The maximum Gasteiger partial charge on any atom is 0.419 e. The Hall–Kier alpha value is -1.76. The molecule has 100 valence electrons. The van der Waals surface area contributed by atoms with Gasteiger partial charge in [-0.15, -0.1) is 0 Å². The highest BCUT2D eigenvalue weighted by Gasteiger charge is 2.34. The van der Waals surface area contributed by atoms with E-state index in [-0.39, 0.29) is 10.8 Å². The van der Waals surface area contributed by atoms with Crippen LogP contribution in [0, 0.1) is 11.6 Å². The molecule has 2 rings (SSSR count). The number of hydrogen-bond acceptors (Lipinski definition) is 2. The van der Waals surface area contributed by atoms with Crippen molar-refractivity contribution in [2.45, 2.75) is 6.18 Å². The molecule has 1 aromatic heterocycles. The summed E-state index contributed by atoms with van der Waals surface area (Å²) in [5.41, 5.74) is -2.17. The molecule has 0 aliphatic carbocycles. The minimum Gasteiger partial charge on any atom is -0.223 e. The first-order valence-corrected chi connectivity index (χ1v) is 5.22. The quantitative estimate of drug-likeness (QED) is 0.585. The van der Waals surface area contributed by atoms with E-state index in [0.29, 0.717) is 12.1 Å². The second-order valence-corrected chi connectivity index (χ2v) is 3.87. The summed E-state index contributed by atoms with van der Waals surface area (Å²) in [7, 11) is 0. The smallest absolute Gasteiger partial charge is 0.223 e. The van der Waals surface area contributed by atoms with Gasteiger partial charge in [0.1, 0.15) is 11.5 Å². The molecule has 0 atom stereocenters. The second-order valence-electron chi connectivity index (χ2n) is 3.53. The van der Waals surface area contributed by atoms with E-state index in [4.69, 9.17) is 11.6 Å². The van der Waals surface area contributed by atoms with Crippen LogP contribution in [0.1, 0.15) is 5.56 Å². The van der Waals surface area contributed by atoms with Gasteiger partial charge in [0.15, 0.2) is 5.82 Å². The normalized spacial score (nSPS) is 11.7. The zero-order valence-corrected chi connectivity index (χ0v) is 9.73. The molecule has 19 heavy (non-hydrogen) atoms. The summed E-state index contributed by atoms with van der Waals surface area (Å²) in [5, 5.41) is -0.325.